The molecule has 2 rings (SSSR count). The lowest BCUT2D eigenvalue weighted by atomic mass is 9.74. The molecule has 0 heterocycles. The smallest absolute Gasteiger partial charge is 0.332 e. The largest absolute Gasteiger partial charge is 0.495 e. The van der Waals surface area contributed by atoms with E-state index >= 15 is 0 Å². The summed E-state index contributed by atoms with van der Waals surface area (Å²) in [7, 11) is 1.64. The first-order valence-electron chi connectivity index (χ1n) is 7.55. The van der Waals surface area contributed by atoms with Gasteiger partial charge in [0.2, 0.25) is 0 Å². The number of carbonyl (C=O) groups excluding carboxylic acids is 1. The summed E-state index contributed by atoms with van der Waals surface area (Å²) in [5, 5.41) is 3.45. The van der Waals surface area contributed by atoms with Crippen molar-refractivity contribution in [2.75, 3.05) is 19.0 Å². The molecule has 1 aromatic rings. The maximum atomic E-state index is 12.7. The highest BCUT2D eigenvalue weighted by atomic mass is 16.5. The van der Waals surface area contributed by atoms with Gasteiger partial charge < -0.3 is 14.8 Å². The number of methoxy groups -OCH3 is 1. The number of esters is 1. The molecule has 116 valence electrons. The monoisotopic (exact) mass is 291 g/mol. The highest BCUT2D eigenvalue weighted by molar-refractivity contribution is 5.87. The highest BCUT2D eigenvalue weighted by Crippen LogP contribution is 2.49. The van der Waals surface area contributed by atoms with E-state index in [1.54, 1.807) is 7.11 Å². The van der Waals surface area contributed by atoms with Gasteiger partial charge in [-0.25, -0.2) is 4.79 Å². The Labute approximate surface area is 126 Å². The number of carbonyl (C=O) groups is 1. The molecule has 1 aliphatic rings. The zero-order valence-corrected chi connectivity index (χ0v) is 13.4. The van der Waals surface area contributed by atoms with Crippen LogP contribution in [0.4, 0.5) is 5.69 Å². The maximum Gasteiger partial charge on any atom is 0.332 e. The first-order chi connectivity index (χ1) is 9.97. The van der Waals surface area contributed by atoms with Crippen LogP contribution >= 0.6 is 0 Å². The van der Waals surface area contributed by atoms with Crippen molar-refractivity contribution < 1.29 is 14.3 Å². The molecule has 0 radical (unpaired) electrons. The van der Waals surface area contributed by atoms with Gasteiger partial charge in [0, 0.05) is 0 Å². The summed E-state index contributed by atoms with van der Waals surface area (Å²) >= 11 is 0. The first kappa shape index (κ1) is 15.7. The molecule has 0 aromatic heterocycles. The van der Waals surface area contributed by atoms with Crippen molar-refractivity contribution in [1.82, 2.24) is 0 Å². The summed E-state index contributed by atoms with van der Waals surface area (Å²) in [5.74, 6) is 0.572. The van der Waals surface area contributed by atoms with E-state index in [9.17, 15) is 4.79 Å². The second-order valence-electron chi connectivity index (χ2n) is 6.19. The van der Waals surface area contributed by atoms with E-state index in [-0.39, 0.29) is 11.4 Å². The van der Waals surface area contributed by atoms with Crippen LogP contribution in [0.5, 0.6) is 5.75 Å². The van der Waals surface area contributed by atoms with Gasteiger partial charge in [-0.3, -0.25) is 0 Å². The molecular formula is C17H25NO3. The number of rotatable bonds is 5. The molecule has 4 nitrogen and oxygen atoms in total. The normalized spacial score (nSPS) is 23.6. The van der Waals surface area contributed by atoms with Crippen LogP contribution in [0, 0.1) is 5.41 Å². The zero-order valence-electron chi connectivity index (χ0n) is 13.4. The summed E-state index contributed by atoms with van der Waals surface area (Å²) in [4.78, 5) is 12.7. The van der Waals surface area contributed by atoms with E-state index in [2.05, 4.69) is 19.2 Å². The Hall–Kier alpha value is -1.71. The maximum absolute atomic E-state index is 12.7. The summed E-state index contributed by atoms with van der Waals surface area (Å²) < 4.78 is 10.8. The summed E-state index contributed by atoms with van der Waals surface area (Å²) in [6.07, 6.45) is 2.78. The molecule has 1 fully saturated rings. The minimum absolute atomic E-state index is 0.167. The predicted octanol–water partition coefficient (Wildman–Crippen LogP) is 3.62. The third-order valence-corrected chi connectivity index (χ3v) is 4.59. The SMILES string of the molecule is CCOC(=O)C1(Nc2ccccc2OC)CCCC1(C)C. The average molecular weight is 291 g/mol. The number of ether oxygens (including phenoxy) is 2. The van der Waals surface area contributed by atoms with Crippen LogP contribution in [0.2, 0.25) is 0 Å². The zero-order chi connectivity index (χ0) is 15.5. The van der Waals surface area contributed by atoms with Crippen LogP contribution < -0.4 is 10.1 Å². The van der Waals surface area contributed by atoms with E-state index < -0.39 is 5.54 Å². The van der Waals surface area contributed by atoms with Gasteiger partial charge in [0.25, 0.3) is 0 Å². The first-order valence-corrected chi connectivity index (χ1v) is 7.55. The number of hydrogen-bond donors (Lipinski definition) is 1. The van der Waals surface area contributed by atoms with Gasteiger partial charge in [0.15, 0.2) is 0 Å². The fourth-order valence-corrected chi connectivity index (χ4v) is 3.24. The Kier molecular flexibility index (Phi) is 4.45. The topological polar surface area (TPSA) is 47.6 Å². The van der Waals surface area contributed by atoms with Crippen molar-refractivity contribution in [1.29, 1.82) is 0 Å². The van der Waals surface area contributed by atoms with Crippen molar-refractivity contribution in [3.05, 3.63) is 24.3 Å². The molecule has 1 N–H and O–H groups in total. The number of hydrogen-bond acceptors (Lipinski definition) is 4. The molecular weight excluding hydrogens is 266 g/mol. The van der Waals surface area contributed by atoms with Crippen LogP contribution in [0.1, 0.15) is 40.0 Å². The molecule has 4 heteroatoms. The molecule has 1 aromatic carbocycles. The van der Waals surface area contributed by atoms with Crippen LogP contribution in [-0.2, 0) is 9.53 Å². The quantitative estimate of drug-likeness (QED) is 0.842. The molecule has 0 amide bonds. The van der Waals surface area contributed by atoms with E-state index in [0.29, 0.717) is 6.61 Å². The van der Waals surface area contributed by atoms with Crippen LogP contribution in [0.15, 0.2) is 24.3 Å². The van der Waals surface area contributed by atoms with E-state index in [4.69, 9.17) is 9.47 Å². The number of nitrogens with one attached hydrogen (secondary N) is 1. The summed E-state index contributed by atoms with van der Waals surface area (Å²) in [6.45, 7) is 6.49. The molecule has 0 spiro atoms. The lowest BCUT2D eigenvalue weighted by Gasteiger charge is -2.40. The molecule has 1 unspecified atom stereocenters. The van der Waals surface area contributed by atoms with Crippen molar-refractivity contribution in [2.24, 2.45) is 5.41 Å². The fourth-order valence-electron chi connectivity index (χ4n) is 3.24. The van der Waals surface area contributed by atoms with Gasteiger partial charge in [-0.1, -0.05) is 26.0 Å². The molecule has 1 atom stereocenters. The Balaban J connectivity index is 2.40. The molecule has 0 saturated heterocycles. The molecule has 0 aliphatic heterocycles. The minimum atomic E-state index is -0.697. The van der Waals surface area contributed by atoms with Crippen LogP contribution in [-0.4, -0.2) is 25.2 Å². The van der Waals surface area contributed by atoms with Crippen LogP contribution in [0.3, 0.4) is 0 Å². The number of para-hydroxylation sites is 2. The summed E-state index contributed by atoms with van der Waals surface area (Å²) in [5.41, 5.74) is -0.0272. The van der Waals surface area contributed by atoms with Gasteiger partial charge in [0.1, 0.15) is 11.3 Å². The predicted molar refractivity (Wildman–Crippen MR) is 83.6 cm³/mol. The third-order valence-electron chi connectivity index (χ3n) is 4.59. The Morgan fingerprint density at radius 1 is 1.29 bits per heavy atom. The van der Waals surface area contributed by atoms with E-state index in [1.165, 1.54) is 0 Å². The van der Waals surface area contributed by atoms with Gasteiger partial charge in [-0.2, -0.15) is 0 Å². The summed E-state index contributed by atoms with van der Waals surface area (Å²) in [6, 6.07) is 7.68. The highest BCUT2D eigenvalue weighted by Gasteiger charge is 2.55. The Bertz CT molecular complexity index is 513. The van der Waals surface area contributed by atoms with Gasteiger partial charge in [-0.15, -0.1) is 0 Å². The molecule has 1 aliphatic carbocycles. The van der Waals surface area contributed by atoms with Gasteiger partial charge in [-0.05, 0) is 43.7 Å². The standard InChI is InChI=1S/C17H25NO3/c1-5-21-15(19)17(12-8-11-16(17,2)3)18-13-9-6-7-10-14(13)20-4/h6-7,9-10,18H,5,8,11-12H2,1-4H3. The number of benzene rings is 1. The Morgan fingerprint density at radius 3 is 2.57 bits per heavy atom. The number of anilines is 1. The molecule has 0 bridgehead atoms. The Morgan fingerprint density at radius 2 is 2.00 bits per heavy atom. The lowest BCUT2D eigenvalue weighted by molar-refractivity contribution is -0.151. The van der Waals surface area contributed by atoms with Gasteiger partial charge in [0.05, 0.1) is 19.4 Å². The lowest BCUT2D eigenvalue weighted by Crippen LogP contribution is -2.54. The van der Waals surface area contributed by atoms with Gasteiger partial charge >= 0.3 is 5.97 Å². The second kappa shape index (κ2) is 5.96. The van der Waals surface area contributed by atoms with E-state index in [1.807, 2.05) is 31.2 Å². The van der Waals surface area contributed by atoms with E-state index in [0.717, 1.165) is 30.7 Å². The minimum Gasteiger partial charge on any atom is -0.495 e. The third kappa shape index (κ3) is 2.71. The molecule has 21 heavy (non-hydrogen) atoms. The molecule has 1 saturated carbocycles. The van der Waals surface area contributed by atoms with Crippen molar-refractivity contribution in [3.63, 3.8) is 0 Å². The van der Waals surface area contributed by atoms with Crippen molar-refractivity contribution >= 4 is 11.7 Å². The second-order valence-corrected chi connectivity index (χ2v) is 6.19. The fraction of sp³-hybridized carbons (Fsp3) is 0.588. The van der Waals surface area contributed by atoms with Crippen molar-refractivity contribution in [3.8, 4) is 5.75 Å². The average Bonchev–Trinajstić information content (AvgIpc) is 2.76. The van der Waals surface area contributed by atoms with Crippen molar-refractivity contribution in [2.45, 2.75) is 45.6 Å². The van der Waals surface area contributed by atoms with Crippen LogP contribution in [0.25, 0.3) is 0 Å².